The van der Waals surface area contributed by atoms with Gasteiger partial charge in [0.15, 0.2) is 0 Å². The number of para-hydroxylation sites is 1. The molecule has 0 saturated heterocycles. The van der Waals surface area contributed by atoms with Gasteiger partial charge in [0.05, 0.1) is 11.1 Å². The summed E-state index contributed by atoms with van der Waals surface area (Å²) in [5, 5.41) is 8.90. The van der Waals surface area contributed by atoms with Crippen LogP contribution < -0.4 is 0 Å². The van der Waals surface area contributed by atoms with Crippen molar-refractivity contribution in [3.63, 3.8) is 0 Å². The SMILES string of the molecule is N#Cc1cccc2[nH]c(C3CC3)nc12. The molecular weight excluding hydrogens is 174 g/mol. The van der Waals surface area contributed by atoms with Crippen molar-refractivity contribution < 1.29 is 0 Å². The van der Waals surface area contributed by atoms with Gasteiger partial charge in [-0.2, -0.15) is 5.26 Å². The van der Waals surface area contributed by atoms with Gasteiger partial charge in [0, 0.05) is 5.92 Å². The number of aromatic amines is 1. The van der Waals surface area contributed by atoms with Gasteiger partial charge in [0.25, 0.3) is 0 Å². The third kappa shape index (κ3) is 1.01. The van der Waals surface area contributed by atoms with E-state index in [1.165, 1.54) is 12.8 Å². The van der Waals surface area contributed by atoms with Gasteiger partial charge < -0.3 is 4.98 Å². The Bertz CT molecular complexity index is 529. The number of benzene rings is 1. The van der Waals surface area contributed by atoms with Crippen LogP contribution in [0, 0.1) is 11.3 Å². The predicted octanol–water partition coefficient (Wildman–Crippen LogP) is 2.31. The Kier molecular flexibility index (Phi) is 1.40. The summed E-state index contributed by atoms with van der Waals surface area (Å²) in [6, 6.07) is 7.82. The van der Waals surface area contributed by atoms with E-state index in [0.29, 0.717) is 11.5 Å². The summed E-state index contributed by atoms with van der Waals surface area (Å²) in [7, 11) is 0. The molecule has 3 rings (SSSR count). The standard InChI is InChI=1S/C11H9N3/c12-6-8-2-1-3-9-10(8)14-11(13-9)7-4-5-7/h1-3,7H,4-5H2,(H,13,14). The molecule has 0 atom stereocenters. The second-order valence-corrected chi connectivity index (χ2v) is 3.71. The highest BCUT2D eigenvalue weighted by molar-refractivity contribution is 5.81. The van der Waals surface area contributed by atoms with Gasteiger partial charge in [-0.3, -0.25) is 0 Å². The molecule has 1 aromatic carbocycles. The van der Waals surface area contributed by atoms with Crippen LogP contribution in [0.5, 0.6) is 0 Å². The van der Waals surface area contributed by atoms with E-state index in [2.05, 4.69) is 16.0 Å². The van der Waals surface area contributed by atoms with Crippen molar-refractivity contribution in [3.05, 3.63) is 29.6 Å². The van der Waals surface area contributed by atoms with Crippen LogP contribution in [0.1, 0.15) is 30.1 Å². The van der Waals surface area contributed by atoms with E-state index in [1.54, 1.807) is 6.07 Å². The Hall–Kier alpha value is -1.82. The second-order valence-electron chi connectivity index (χ2n) is 3.71. The first kappa shape index (κ1) is 7.57. The molecule has 1 aliphatic carbocycles. The molecule has 1 saturated carbocycles. The number of hydrogen-bond acceptors (Lipinski definition) is 2. The first-order chi connectivity index (χ1) is 6.88. The van der Waals surface area contributed by atoms with Crippen LogP contribution in [0.2, 0.25) is 0 Å². The Balaban J connectivity index is 2.27. The normalized spacial score (nSPS) is 15.6. The Morgan fingerprint density at radius 2 is 2.29 bits per heavy atom. The van der Waals surface area contributed by atoms with Crippen molar-refractivity contribution in [2.24, 2.45) is 0 Å². The number of H-pyrrole nitrogens is 1. The molecule has 1 heterocycles. The summed E-state index contributed by atoms with van der Waals surface area (Å²) in [6.45, 7) is 0. The Morgan fingerprint density at radius 1 is 1.43 bits per heavy atom. The molecule has 14 heavy (non-hydrogen) atoms. The van der Waals surface area contributed by atoms with E-state index in [4.69, 9.17) is 5.26 Å². The van der Waals surface area contributed by atoms with Crippen molar-refractivity contribution in [2.45, 2.75) is 18.8 Å². The monoisotopic (exact) mass is 183 g/mol. The Labute approximate surface area is 81.4 Å². The van der Waals surface area contributed by atoms with Crippen molar-refractivity contribution in [1.29, 1.82) is 5.26 Å². The van der Waals surface area contributed by atoms with Gasteiger partial charge in [-0.25, -0.2) is 4.98 Å². The number of nitrogens with zero attached hydrogens (tertiary/aromatic N) is 2. The van der Waals surface area contributed by atoms with E-state index in [9.17, 15) is 0 Å². The summed E-state index contributed by atoms with van der Waals surface area (Å²) in [5.74, 6) is 1.65. The fraction of sp³-hybridized carbons (Fsp3) is 0.273. The summed E-state index contributed by atoms with van der Waals surface area (Å²) in [4.78, 5) is 7.74. The van der Waals surface area contributed by atoms with Crippen LogP contribution in [-0.2, 0) is 0 Å². The van der Waals surface area contributed by atoms with Crippen LogP contribution in [-0.4, -0.2) is 9.97 Å². The number of fused-ring (bicyclic) bond motifs is 1. The molecule has 1 aromatic heterocycles. The zero-order chi connectivity index (χ0) is 9.54. The van der Waals surface area contributed by atoms with Crippen LogP contribution in [0.3, 0.4) is 0 Å². The molecule has 0 amide bonds. The first-order valence-corrected chi connectivity index (χ1v) is 4.77. The zero-order valence-corrected chi connectivity index (χ0v) is 7.62. The predicted molar refractivity (Wildman–Crippen MR) is 52.8 cm³/mol. The number of rotatable bonds is 1. The molecule has 68 valence electrons. The highest BCUT2D eigenvalue weighted by Crippen LogP contribution is 2.39. The third-order valence-electron chi connectivity index (χ3n) is 2.62. The van der Waals surface area contributed by atoms with Gasteiger partial charge in [0.1, 0.15) is 17.4 Å². The van der Waals surface area contributed by atoms with Crippen LogP contribution in [0.25, 0.3) is 11.0 Å². The van der Waals surface area contributed by atoms with Crippen molar-refractivity contribution >= 4 is 11.0 Å². The lowest BCUT2D eigenvalue weighted by atomic mass is 10.2. The van der Waals surface area contributed by atoms with E-state index in [-0.39, 0.29) is 0 Å². The van der Waals surface area contributed by atoms with E-state index in [0.717, 1.165) is 16.9 Å². The summed E-state index contributed by atoms with van der Waals surface area (Å²) in [5.41, 5.74) is 2.45. The van der Waals surface area contributed by atoms with E-state index >= 15 is 0 Å². The van der Waals surface area contributed by atoms with Crippen LogP contribution in [0.4, 0.5) is 0 Å². The average Bonchev–Trinajstić information content (AvgIpc) is 2.97. The molecule has 1 N–H and O–H groups in total. The summed E-state index contributed by atoms with van der Waals surface area (Å²) in [6.07, 6.45) is 2.45. The van der Waals surface area contributed by atoms with E-state index < -0.39 is 0 Å². The van der Waals surface area contributed by atoms with E-state index in [1.807, 2.05) is 12.1 Å². The quantitative estimate of drug-likeness (QED) is 0.737. The fourth-order valence-corrected chi connectivity index (χ4v) is 1.69. The minimum atomic E-state index is 0.606. The molecule has 1 aliphatic rings. The third-order valence-corrected chi connectivity index (χ3v) is 2.62. The lowest BCUT2D eigenvalue weighted by molar-refractivity contribution is 0.986. The largest absolute Gasteiger partial charge is 0.342 e. The topological polar surface area (TPSA) is 52.5 Å². The zero-order valence-electron chi connectivity index (χ0n) is 7.62. The van der Waals surface area contributed by atoms with Crippen LogP contribution >= 0.6 is 0 Å². The highest BCUT2D eigenvalue weighted by Gasteiger charge is 2.27. The molecule has 0 aliphatic heterocycles. The van der Waals surface area contributed by atoms with Gasteiger partial charge in [-0.1, -0.05) is 6.07 Å². The maximum absolute atomic E-state index is 8.90. The number of hydrogen-bond donors (Lipinski definition) is 1. The van der Waals surface area contributed by atoms with Crippen LogP contribution in [0.15, 0.2) is 18.2 Å². The lowest BCUT2D eigenvalue weighted by Crippen LogP contribution is -1.80. The molecule has 0 bridgehead atoms. The van der Waals surface area contributed by atoms with Crippen molar-refractivity contribution in [3.8, 4) is 6.07 Å². The lowest BCUT2D eigenvalue weighted by Gasteiger charge is -1.88. The molecule has 1 fully saturated rings. The molecular formula is C11H9N3. The fourth-order valence-electron chi connectivity index (χ4n) is 1.69. The summed E-state index contributed by atoms with van der Waals surface area (Å²) < 4.78 is 0. The number of aromatic nitrogens is 2. The van der Waals surface area contributed by atoms with Gasteiger partial charge in [-0.05, 0) is 25.0 Å². The first-order valence-electron chi connectivity index (χ1n) is 4.77. The highest BCUT2D eigenvalue weighted by atomic mass is 14.9. The summed E-state index contributed by atoms with van der Waals surface area (Å²) >= 11 is 0. The molecule has 0 spiro atoms. The minimum Gasteiger partial charge on any atom is -0.342 e. The second kappa shape index (κ2) is 2.58. The molecule has 3 nitrogen and oxygen atoms in total. The smallest absolute Gasteiger partial charge is 0.110 e. The maximum atomic E-state index is 8.90. The number of nitriles is 1. The minimum absolute atomic E-state index is 0.606. The van der Waals surface area contributed by atoms with Gasteiger partial charge in [0.2, 0.25) is 0 Å². The number of nitrogens with one attached hydrogen (secondary N) is 1. The molecule has 0 unspecified atom stereocenters. The Morgan fingerprint density at radius 3 is 3.00 bits per heavy atom. The maximum Gasteiger partial charge on any atom is 0.110 e. The number of imidazole rings is 1. The molecule has 2 aromatic rings. The average molecular weight is 183 g/mol. The van der Waals surface area contributed by atoms with Gasteiger partial charge >= 0.3 is 0 Å². The van der Waals surface area contributed by atoms with Crippen molar-refractivity contribution in [2.75, 3.05) is 0 Å². The van der Waals surface area contributed by atoms with Crippen molar-refractivity contribution in [1.82, 2.24) is 9.97 Å². The molecule has 3 heteroatoms. The molecule has 0 radical (unpaired) electrons. The van der Waals surface area contributed by atoms with Gasteiger partial charge in [-0.15, -0.1) is 0 Å².